The van der Waals surface area contributed by atoms with Crippen LogP contribution in [-0.4, -0.2) is 61.9 Å². The Labute approximate surface area is 202 Å². The minimum Gasteiger partial charge on any atom is -0.420 e. The number of sulfone groups is 1. The van der Waals surface area contributed by atoms with Crippen LogP contribution in [0, 0.1) is 6.92 Å². The van der Waals surface area contributed by atoms with Gasteiger partial charge in [0.25, 0.3) is 5.91 Å². The number of thiocarbonyl (C=S) groups is 1. The Morgan fingerprint density at radius 3 is 2.61 bits per heavy atom. The highest BCUT2D eigenvalue weighted by molar-refractivity contribution is 8.26. The molecule has 2 aliphatic rings. The number of hydrogen-bond acceptors (Lipinski definition) is 9. The Balaban J connectivity index is 1.68. The average molecular weight is 508 g/mol. The van der Waals surface area contributed by atoms with Crippen LogP contribution < -0.4 is 4.90 Å². The molecule has 1 amide bonds. The molecule has 8 nitrogen and oxygen atoms in total. The fourth-order valence-corrected chi connectivity index (χ4v) is 6.27. The number of thioether (sulfide) groups is 1. The Hall–Kier alpha value is -2.21. The summed E-state index contributed by atoms with van der Waals surface area (Å²) < 4.78 is 38.2. The molecule has 0 saturated carbocycles. The number of amides is 1. The van der Waals surface area contributed by atoms with Crippen LogP contribution >= 0.6 is 24.0 Å². The van der Waals surface area contributed by atoms with Gasteiger partial charge in [0.1, 0.15) is 4.32 Å². The van der Waals surface area contributed by atoms with Crippen molar-refractivity contribution in [1.82, 2.24) is 9.88 Å². The Bertz CT molecular complexity index is 1180. The highest BCUT2D eigenvalue weighted by Gasteiger charge is 2.34. The molecule has 4 rings (SSSR count). The first-order chi connectivity index (χ1) is 15.8. The molecule has 2 fully saturated rings. The maximum atomic E-state index is 13.4. The number of hydrogen-bond donors (Lipinski definition) is 0. The second kappa shape index (κ2) is 9.96. The molecule has 0 atom stereocenters. The molecule has 2 saturated heterocycles. The molecule has 0 aliphatic carbocycles. The fourth-order valence-electron chi connectivity index (χ4n) is 3.67. The lowest BCUT2D eigenvalue weighted by Gasteiger charge is -2.14. The predicted molar refractivity (Wildman–Crippen MR) is 131 cm³/mol. The maximum absolute atomic E-state index is 13.4. The topological polar surface area (TPSA) is 92.9 Å². The van der Waals surface area contributed by atoms with E-state index in [1.165, 1.54) is 11.0 Å². The molecular formula is C22H25N3O5S3. The number of methoxy groups -OCH3 is 1. The lowest BCUT2D eigenvalue weighted by atomic mass is 10.2. The van der Waals surface area contributed by atoms with Gasteiger partial charge in [-0.2, -0.15) is 4.98 Å². The third-order valence-corrected chi connectivity index (χ3v) is 8.48. The predicted octanol–water partition coefficient (Wildman–Crippen LogP) is 3.65. The van der Waals surface area contributed by atoms with Crippen molar-refractivity contribution < 1.29 is 22.4 Å². The van der Waals surface area contributed by atoms with E-state index in [-0.39, 0.29) is 27.6 Å². The van der Waals surface area contributed by atoms with Crippen LogP contribution in [0.5, 0.6) is 0 Å². The van der Waals surface area contributed by atoms with E-state index in [0.717, 1.165) is 30.2 Å². The van der Waals surface area contributed by atoms with Crippen molar-refractivity contribution in [3.63, 3.8) is 0 Å². The van der Waals surface area contributed by atoms with E-state index >= 15 is 0 Å². The zero-order valence-electron chi connectivity index (χ0n) is 18.4. The molecule has 176 valence electrons. The lowest BCUT2D eigenvalue weighted by Crippen LogP contribution is -2.29. The van der Waals surface area contributed by atoms with Crippen molar-refractivity contribution in [2.75, 3.05) is 38.3 Å². The first kappa shape index (κ1) is 23.9. The summed E-state index contributed by atoms with van der Waals surface area (Å²) in [4.78, 5) is 21.1. The van der Waals surface area contributed by atoms with E-state index in [1.54, 1.807) is 31.4 Å². The molecule has 1 aromatic carbocycles. The van der Waals surface area contributed by atoms with Gasteiger partial charge in [-0.05, 0) is 38.3 Å². The van der Waals surface area contributed by atoms with E-state index < -0.39 is 9.84 Å². The fraction of sp³-hybridized carbons (Fsp3) is 0.409. The highest BCUT2D eigenvalue weighted by Crippen LogP contribution is 2.36. The normalized spacial score (nSPS) is 18.2. The van der Waals surface area contributed by atoms with Gasteiger partial charge in [-0.3, -0.25) is 9.69 Å². The standard InChI is InChI=1S/C22H25N3O5S3/c1-15-6-8-16(9-7-15)33(27,28)19-21(24-10-3-4-11-24)30-18(23-19)14-17-20(26)25(22(31)32-17)12-5-13-29-2/h6-9,14H,3-5,10-13H2,1-2H3. The summed E-state index contributed by atoms with van der Waals surface area (Å²) in [7, 11) is -2.30. The number of ether oxygens (including phenoxy) is 1. The Morgan fingerprint density at radius 2 is 1.94 bits per heavy atom. The number of anilines is 1. The zero-order chi connectivity index (χ0) is 23.6. The van der Waals surface area contributed by atoms with Gasteiger partial charge in [0.2, 0.25) is 26.6 Å². The summed E-state index contributed by atoms with van der Waals surface area (Å²) in [5, 5.41) is -0.130. The zero-order valence-corrected chi connectivity index (χ0v) is 20.9. The van der Waals surface area contributed by atoms with Crippen molar-refractivity contribution in [1.29, 1.82) is 0 Å². The van der Waals surface area contributed by atoms with Crippen molar-refractivity contribution in [2.24, 2.45) is 0 Å². The summed E-state index contributed by atoms with van der Waals surface area (Å²) in [6, 6.07) is 6.63. The molecule has 11 heteroatoms. The second-order valence-electron chi connectivity index (χ2n) is 7.85. The molecule has 2 aliphatic heterocycles. The molecule has 1 aromatic heterocycles. The Kier molecular flexibility index (Phi) is 7.22. The number of carbonyl (C=O) groups excluding carboxylic acids is 1. The van der Waals surface area contributed by atoms with E-state index in [0.29, 0.717) is 41.9 Å². The van der Waals surface area contributed by atoms with Gasteiger partial charge in [-0.15, -0.1) is 0 Å². The third kappa shape index (κ3) is 5.01. The number of rotatable bonds is 8. The van der Waals surface area contributed by atoms with Crippen LogP contribution in [-0.2, 0) is 19.4 Å². The summed E-state index contributed by atoms with van der Waals surface area (Å²) in [6.45, 7) is 4.24. The largest absolute Gasteiger partial charge is 0.420 e. The second-order valence-corrected chi connectivity index (χ2v) is 11.4. The molecule has 2 aromatic rings. The summed E-state index contributed by atoms with van der Waals surface area (Å²) >= 11 is 6.50. The van der Waals surface area contributed by atoms with Gasteiger partial charge in [0, 0.05) is 39.4 Å². The van der Waals surface area contributed by atoms with Crippen LogP contribution in [0.25, 0.3) is 6.08 Å². The molecular weight excluding hydrogens is 482 g/mol. The van der Waals surface area contributed by atoms with Gasteiger partial charge in [0.05, 0.1) is 9.80 Å². The van der Waals surface area contributed by atoms with Crippen LogP contribution in [0.2, 0.25) is 0 Å². The third-order valence-electron chi connectivity index (χ3n) is 5.43. The van der Waals surface area contributed by atoms with Crippen LogP contribution in [0.3, 0.4) is 0 Å². The van der Waals surface area contributed by atoms with Gasteiger partial charge < -0.3 is 14.1 Å². The SMILES string of the molecule is COCCCN1C(=O)C(=Cc2nc(S(=O)(=O)c3ccc(C)cc3)c(N3CCCC3)o2)SC1=S. The van der Waals surface area contributed by atoms with E-state index in [1.807, 2.05) is 11.8 Å². The lowest BCUT2D eigenvalue weighted by molar-refractivity contribution is -0.122. The first-order valence-corrected chi connectivity index (χ1v) is 13.3. The molecule has 0 unspecified atom stereocenters. The number of benzene rings is 1. The van der Waals surface area contributed by atoms with E-state index in [4.69, 9.17) is 21.4 Å². The number of nitrogens with zero attached hydrogens (tertiary/aromatic N) is 3. The van der Waals surface area contributed by atoms with Crippen molar-refractivity contribution >= 4 is 56.0 Å². The van der Waals surface area contributed by atoms with Crippen LogP contribution in [0.15, 0.2) is 43.5 Å². The summed E-state index contributed by atoms with van der Waals surface area (Å²) in [5.74, 6) is 0.0415. The number of aryl methyl sites for hydroxylation is 1. The van der Waals surface area contributed by atoms with Crippen LogP contribution in [0.1, 0.15) is 30.7 Å². The summed E-state index contributed by atoms with van der Waals surface area (Å²) in [6.07, 6.45) is 4.02. The molecule has 0 N–H and O–H groups in total. The minimum atomic E-state index is -3.90. The quantitative estimate of drug-likeness (QED) is 0.301. The molecule has 0 radical (unpaired) electrons. The minimum absolute atomic E-state index is 0.0694. The molecule has 0 bridgehead atoms. The van der Waals surface area contributed by atoms with Crippen LogP contribution in [0.4, 0.5) is 5.88 Å². The van der Waals surface area contributed by atoms with Crippen molar-refractivity contribution in [3.8, 4) is 0 Å². The number of oxazole rings is 1. The first-order valence-electron chi connectivity index (χ1n) is 10.6. The van der Waals surface area contributed by atoms with Gasteiger partial charge in [-0.1, -0.05) is 41.7 Å². The van der Waals surface area contributed by atoms with Gasteiger partial charge in [-0.25, -0.2) is 8.42 Å². The number of aromatic nitrogens is 1. The monoisotopic (exact) mass is 507 g/mol. The maximum Gasteiger partial charge on any atom is 0.266 e. The van der Waals surface area contributed by atoms with Crippen molar-refractivity contribution in [3.05, 3.63) is 40.6 Å². The molecule has 33 heavy (non-hydrogen) atoms. The Morgan fingerprint density at radius 1 is 1.24 bits per heavy atom. The average Bonchev–Trinajstić information content (AvgIpc) is 3.51. The smallest absolute Gasteiger partial charge is 0.266 e. The summed E-state index contributed by atoms with van der Waals surface area (Å²) in [5.41, 5.74) is 0.960. The number of carbonyl (C=O) groups is 1. The molecule has 3 heterocycles. The van der Waals surface area contributed by atoms with Gasteiger partial charge >= 0.3 is 0 Å². The van der Waals surface area contributed by atoms with Gasteiger partial charge in [0.15, 0.2) is 0 Å². The molecule has 0 spiro atoms. The van der Waals surface area contributed by atoms with Crippen molar-refractivity contribution in [2.45, 2.75) is 36.1 Å². The van der Waals surface area contributed by atoms with E-state index in [9.17, 15) is 13.2 Å². The van der Waals surface area contributed by atoms with E-state index in [2.05, 4.69) is 4.98 Å². The highest BCUT2D eigenvalue weighted by atomic mass is 32.2.